The van der Waals surface area contributed by atoms with Crippen LogP contribution in [0.2, 0.25) is 0 Å². The normalized spacial score (nSPS) is 16.1. The monoisotopic (exact) mass is 489 g/mol. The summed E-state index contributed by atoms with van der Waals surface area (Å²) >= 11 is 0. The molecule has 1 aliphatic heterocycles. The molecule has 0 saturated carbocycles. The Kier molecular flexibility index (Phi) is 6.28. The minimum Gasteiger partial charge on any atom is -0.423 e. The third kappa shape index (κ3) is 4.65. The number of hydrogen-bond acceptors (Lipinski definition) is 7. The zero-order valence-corrected chi connectivity index (χ0v) is 19.8. The molecule has 1 atom stereocenters. The summed E-state index contributed by atoms with van der Waals surface area (Å²) in [6, 6.07) is 15.6. The van der Waals surface area contributed by atoms with E-state index in [1.807, 2.05) is 20.8 Å². The summed E-state index contributed by atoms with van der Waals surface area (Å²) < 4.78 is 5.51. The number of nitrogens with zero attached hydrogens (tertiary/aromatic N) is 3. The molecule has 0 N–H and O–H groups in total. The fraction of sp³-hybridized carbons (Fsp3) is 0.231. The molecule has 36 heavy (non-hydrogen) atoms. The standard InChI is InChI=1S/C26H23N3O7/c1-16-15-26(2,3)27(24(30)17-4-8-19(9-5-17)28(32)33)23-13-12-21(14-22(16)23)36-25(31)18-6-10-20(11-7-18)29(34)35/h4-14,16H,15H2,1-3H3/t16-/m1/s1. The van der Waals surface area contributed by atoms with Gasteiger partial charge in [0.15, 0.2) is 0 Å². The molecule has 10 heteroatoms. The highest BCUT2D eigenvalue weighted by atomic mass is 16.6. The van der Waals surface area contributed by atoms with Gasteiger partial charge in [0.2, 0.25) is 0 Å². The predicted molar refractivity (Wildman–Crippen MR) is 132 cm³/mol. The Balaban J connectivity index is 1.63. The van der Waals surface area contributed by atoms with E-state index < -0.39 is 21.4 Å². The number of benzene rings is 3. The summed E-state index contributed by atoms with van der Waals surface area (Å²) in [5.74, 6) is -0.619. The van der Waals surface area contributed by atoms with Gasteiger partial charge < -0.3 is 9.64 Å². The van der Waals surface area contributed by atoms with Crippen molar-refractivity contribution in [3.63, 3.8) is 0 Å². The van der Waals surface area contributed by atoms with E-state index in [1.165, 1.54) is 48.5 Å². The van der Waals surface area contributed by atoms with E-state index in [2.05, 4.69) is 0 Å². The van der Waals surface area contributed by atoms with Crippen molar-refractivity contribution in [2.24, 2.45) is 0 Å². The van der Waals surface area contributed by atoms with Gasteiger partial charge >= 0.3 is 5.97 Å². The van der Waals surface area contributed by atoms with Crippen LogP contribution in [0.5, 0.6) is 5.75 Å². The molecule has 1 aliphatic rings. The van der Waals surface area contributed by atoms with Crippen molar-refractivity contribution in [1.29, 1.82) is 0 Å². The number of hydrogen-bond donors (Lipinski definition) is 0. The number of non-ortho nitro benzene ring substituents is 2. The number of ether oxygens (including phenoxy) is 1. The molecule has 0 unspecified atom stereocenters. The van der Waals surface area contributed by atoms with Crippen LogP contribution in [0.1, 0.15) is 59.4 Å². The van der Waals surface area contributed by atoms with Gasteiger partial charge in [-0.1, -0.05) is 6.92 Å². The Morgan fingerprint density at radius 1 is 0.889 bits per heavy atom. The molecule has 0 saturated heterocycles. The molecule has 184 valence electrons. The minimum atomic E-state index is -0.660. The topological polar surface area (TPSA) is 133 Å². The number of esters is 1. The summed E-state index contributed by atoms with van der Waals surface area (Å²) in [7, 11) is 0. The maximum Gasteiger partial charge on any atom is 0.343 e. The molecule has 4 rings (SSSR count). The average Bonchev–Trinajstić information content (AvgIpc) is 2.83. The molecule has 0 radical (unpaired) electrons. The van der Waals surface area contributed by atoms with E-state index in [-0.39, 0.29) is 34.5 Å². The van der Waals surface area contributed by atoms with Crippen molar-refractivity contribution >= 4 is 28.9 Å². The minimum absolute atomic E-state index is 0.0499. The number of rotatable bonds is 5. The van der Waals surface area contributed by atoms with E-state index in [0.717, 1.165) is 5.56 Å². The van der Waals surface area contributed by atoms with Crippen molar-refractivity contribution < 1.29 is 24.2 Å². The van der Waals surface area contributed by atoms with Crippen LogP contribution in [-0.4, -0.2) is 27.3 Å². The molecule has 0 aliphatic carbocycles. The lowest BCUT2D eigenvalue weighted by molar-refractivity contribution is -0.385. The Morgan fingerprint density at radius 3 is 1.94 bits per heavy atom. The summed E-state index contributed by atoms with van der Waals surface area (Å²) in [6.45, 7) is 5.94. The molecule has 0 bridgehead atoms. The Morgan fingerprint density at radius 2 is 1.42 bits per heavy atom. The van der Waals surface area contributed by atoms with Crippen LogP contribution in [0.3, 0.4) is 0 Å². The van der Waals surface area contributed by atoms with Crippen LogP contribution < -0.4 is 9.64 Å². The highest BCUT2D eigenvalue weighted by Gasteiger charge is 2.40. The first-order chi connectivity index (χ1) is 17.0. The Hall–Kier alpha value is -4.60. The molecule has 10 nitrogen and oxygen atoms in total. The molecule has 3 aromatic carbocycles. The number of anilines is 1. The molecule has 0 spiro atoms. The lowest BCUT2D eigenvalue weighted by Crippen LogP contribution is -2.51. The largest absolute Gasteiger partial charge is 0.423 e. The van der Waals surface area contributed by atoms with E-state index >= 15 is 0 Å². The quantitative estimate of drug-likeness (QED) is 0.195. The summed E-state index contributed by atoms with van der Waals surface area (Å²) in [6.07, 6.45) is 0.637. The summed E-state index contributed by atoms with van der Waals surface area (Å²) in [5.41, 5.74) is 1.20. The first-order valence-electron chi connectivity index (χ1n) is 11.2. The zero-order chi connectivity index (χ0) is 26.2. The number of carbonyl (C=O) groups excluding carboxylic acids is 2. The third-order valence-electron chi connectivity index (χ3n) is 6.23. The van der Waals surface area contributed by atoms with E-state index in [1.54, 1.807) is 23.1 Å². The average molecular weight is 489 g/mol. The van der Waals surface area contributed by atoms with Gasteiger partial charge in [-0.25, -0.2) is 4.79 Å². The smallest absolute Gasteiger partial charge is 0.343 e. The first-order valence-corrected chi connectivity index (χ1v) is 11.2. The van der Waals surface area contributed by atoms with Gasteiger partial charge in [0.25, 0.3) is 17.3 Å². The number of amides is 1. The Labute approximate surface area is 206 Å². The zero-order valence-electron chi connectivity index (χ0n) is 19.8. The van der Waals surface area contributed by atoms with E-state index in [0.29, 0.717) is 17.7 Å². The molecular formula is C26H23N3O7. The fourth-order valence-electron chi connectivity index (χ4n) is 4.60. The van der Waals surface area contributed by atoms with Crippen molar-refractivity contribution in [2.45, 2.75) is 38.6 Å². The van der Waals surface area contributed by atoms with Gasteiger partial charge in [-0.15, -0.1) is 0 Å². The predicted octanol–water partition coefficient (Wildman–Crippen LogP) is 5.65. The van der Waals surface area contributed by atoms with Gasteiger partial charge in [-0.2, -0.15) is 0 Å². The second-order valence-corrected chi connectivity index (χ2v) is 9.28. The van der Waals surface area contributed by atoms with Crippen molar-refractivity contribution in [2.75, 3.05) is 4.90 Å². The Bertz CT molecular complexity index is 1370. The molecular weight excluding hydrogens is 466 g/mol. The maximum absolute atomic E-state index is 13.5. The first kappa shape index (κ1) is 24.5. The van der Waals surface area contributed by atoms with Gasteiger partial charge in [-0.3, -0.25) is 25.0 Å². The fourth-order valence-corrected chi connectivity index (χ4v) is 4.60. The number of nitro groups is 2. The van der Waals surface area contributed by atoms with Gasteiger partial charge in [-0.05, 0) is 74.2 Å². The summed E-state index contributed by atoms with van der Waals surface area (Å²) in [4.78, 5) is 48.5. The highest BCUT2D eigenvalue weighted by molar-refractivity contribution is 6.08. The van der Waals surface area contributed by atoms with Crippen LogP contribution in [0, 0.1) is 20.2 Å². The van der Waals surface area contributed by atoms with Crippen LogP contribution in [0.25, 0.3) is 0 Å². The SMILES string of the molecule is C[C@@H]1CC(C)(C)N(C(=O)c2ccc([N+](=O)[O-])cc2)c2ccc(OC(=O)c3ccc([N+](=O)[O-])cc3)cc21. The van der Waals surface area contributed by atoms with E-state index in [9.17, 15) is 29.8 Å². The molecule has 3 aromatic rings. The second kappa shape index (κ2) is 9.21. The molecule has 0 fully saturated rings. The van der Waals surface area contributed by atoms with Gasteiger partial charge in [0.1, 0.15) is 5.75 Å². The van der Waals surface area contributed by atoms with E-state index in [4.69, 9.17) is 4.74 Å². The molecule has 1 heterocycles. The third-order valence-corrected chi connectivity index (χ3v) is 6.23. The molecule has 1 amide bonds. The lowest BCUT2D eigenvalue weighted by atomic mass is 9.79. The maximum atomic E-state index is 13.5. The second-order valence-electron chi connectivity index (χ2n) is 9.28. The molecule has 0 aromatic heterocycles. The van der Waals surface area contributed by atoms with Gasteiger partial charge in [0, 0.05) is 41.1 Å². The van der Waals surface area contributed by atoms with Crippen LogP contribution in [0.4, 0.5) is 17.1 Å². The number of carbonyl (C=O) groups is 2. The lowest BCUT2D eigenvalue weighted by Gasteiger charge is -2.46. The summed E-state index contributed by atoms with van der Waals surface area (Å²) in [5, 5.41) is 21.8. The van der Waals surface area contributed by atoms with Crippen LogP contribution in [-0.2, 0) is 0 Å². The van der Waals surface area contributed by atoms with Crippen molar-refractivity contribution in [3.05, 3.63) is 104 Å². The van der Waals surface area contributed by atoms with Crippen LogP contribution in [0.15, 0.2) is 66.7 Å². The number of nitro benzene ring substituents is 2. The van der Waals surface area contributed by atoms with Crippen molar-refractivity contribution in [3.8, 4) is 5.75 Å². The number of fused-ring (bicyclic) bond motifs is 1. The van der Waals surface area contributed by atoms with Crippen LogP contribution >= 0.6 is 0 Å². The van der Waals surface area contributed by atoms with Gasteiger partial charge in [0.05, 0.1) is 15.4 Å². The van der Waals surface area contributed by atoms with Crippen molar-refractivity contribution in [1.82, 2.24) is 0 Å². The highest BCUT2D eigenvalue weighted by Crippen LogP contribution is 2.45.